The van der Waals surface area contributed by atoms with E-state index in [-0.39, 0.29) is 48.1 Å². The second kappa shape index (κ2) is 15.6. The molecule has 0 radical (unpaired) electrons. The molecular formula is C33H40N2O7S2. The first-order chi connectivity index (χ1) is 21.0. The van der Waals surface area contributed by atoms with Crippen LogP contribution in [0, 0.1) is 11.8 Å². The number of rotatable bonds is 16. The van der Waals surface area contributed by atoms with Crippen molar-refractivity contribution < 1.29 is 32.6 Å². The molecule has 0 bridgehead atoms. The summed E-state index contributed by atoms with van der Waals surface area (Å²) in [5, 5.41) is 14.5. The van der Waals surface area contributed by atoms with E-state index in [1.165, 1.54) is 28.2 Å². The van der Waals surface area contributed by atoms with Crippen LogP contribution in [-0.4, -0.2) is 73.1 Å². The Morgan fingerprint density at radius 1 is 0.932 bits per heavy atom. The maximum Gasteiger partial charge on any atom is 0.243 e. The number of aliphatic hydroxyl groups is 1. The number of fused-ring (bicyclic) bond motifs is 1. The molecule has 9 nitrogen and oxygen atoms in total. The molecule has 3 aromatic rings. The SMILES string of the molecule is CC(C)CN(C[C@@H](O)C(Cc1ccccc1)NC(=O)[C@H](C)CSCC(=O)c1ccccc1)S(=O)(=O)c1ccc2c(c1)OCO2. The fourth-order valence-corrected chi connectivity index (χ4v) is 7.40. The Bertz CT molecular complexity index is 1500. The van der Waals surface area contributed by atoms with Crippen LogP contribution in [0.3, 0.4) is 0 Å². The van der Waals surface area contributed by atoms with Gasteiger partial charge in [0.25, 0.3) is 0 Å². The van der Waals surface area contributed by atoms with E-state index in [1.807, 2.05) is 62.4 Å². The van der Waals surface area contributed by atoms with E-state index >= 15 is 0 Å². The molecule has 236 valence electrons. The summed E-state index contributed by atoms with van der Waals surface area (Å²) in [5.74, 6) is 0.732. The van der Waals surface area contributed by atoms with Crippen LogP contribution in [0.1, 0.15) is 36.7 Å². The molecule has 1 amide bonds. The number of Topliss-reactive ketones (excluding diaryl/α,β-unsaturated/α-hetero) is 1. The highest BCUT2D eigenvalue weighted by molar-refractivity contribution is 8.00. The average Bonchev–Trinajstić information content (AvgIpc) is 3.49. The quantitative estimate of drug-likeness (QED) is 0.221. The number of sulfonamides is 1. The van der Waals surface area contributed by atoms with Crippen LogP contribution < -0.4 is 14.8 Å². The minimum Gasteiger partial charge on any atom is -0.454 e. The first kappa shape index (κ1) is 33.5. The lowest BCUT2D eigenvalue weighted by Gasteiger charge is -2.31. The molecule has 1 unspecified atom stereocenters. The number of benzene rings is 3. The molecule has 11 heteroatoms. The molecular weight excluding hydrogens is 601 g/mol. The highest BCUT2D eigenvalue weighted by Gasteiger charge is 2.33. The smallest absolute Gasteiger partial charge is 0.243 e. The van der Waals surface area contributed by atoms with Crippen LogP contribution in [0.15, 0.2) is 83.8 Å². The molecule has 3 aromatic carbocycles. The van der Waals surface area contributed by atoms with E-state index < -0.39 is 28.1 Å². The lowest BCUT2D eigenvalue weighted by atomic mass is 10.00. The van der Waals surface area contributed by atoms with Gasteiger partial charge in [0, 0.05) is 36.4 Å². The van der Waals surface area contributed by atoms with Crippen LogP contribution in [0.5, 0.6) is 11.5 Å². The molecule has 1 aliphatic rings. The summed E-state index contributed by atoms with van der Waals surface area (Å²) in [7, 11) is -4.02. The van der Waals surface area contributed by atoms with Gasteiger partial charge in [-0.1, -0.05) is 81.4 Å². The number of carbonyl (C=O) groups is 2. The normalized spacial score (nSPS) is 14.8. The lowest BCUT2D eigenvalue weighted by Crippen LogP contribution is -2.52. The third-order valence-electron chi connectivity index (χ3n) is 7.18. The van der Waals surface area contributed by atoms with Gasteiger partial charge in [-0.15, -0.1) is 0 Å². The number of amides is 1. The van der Waals surface area contributed by atoms with Crippen LogP contribution >= 0.6 is 11.8 Å². The van der Waals surface area contributed by atoms with E-state index in [1.54, 1.807) is 25.1 Å². The molecule has 44 heavy (non-hydrogen) atoms. The van der Waals surface area contributed by atoms with Crippen LogP contribution in [0.25, 0.3) is 0 Å². The maximum absolute atomic E-state index is 13.8. The molecule has 0 aliphatic carbocycles. The zero-order valence-corrected chi connectivity index (χ0v) is 26.9. The fourth-order valence-electron chi connectivity index (χ4n) is 4.79. The summed E-state index contributed by atoms with van der Waals surface area (Å²) in [6.07, 6.45) is -0.902. The molecule has 0 fully saturated rings. The minimum atomic E-state index is -4.02. The van der Waals surface area contributed by atoms with E-state index in [4.69, 9.17) is 9.47 Å². The number of hydrogen-bond donors (Lipinski definition) is 2. The van der Waals surface area contributed by atoms with Gasteiger partial charge in [0.05, 0.1) is 22.8 Å². The third-order valence-corrected chi connectivity index (χ3v) is 10.2. The summed E-state index contributed by atoms with van der Waals surface area (Å²) in [5.41, 5.74) is 1.52. The van der Waals surface area contributed by atoms with Crippen molar-refractivity contribution in [1.29, 1.82) is 0 Å². The Morgan fingerprint density at radius 3 is 2.27 bits per heavy atom. The van der Waals surface area contributed by atoms with Crippen molar-refractivity contribution in [3.63, 3.8) is 0 Å². The van der Waals surface area contributed by atoms with E-state index in [2.05, 4.69) is 5.32 Å². The lowest BCUT2D eigenvalue weighted by molar-refractivity contribution is -0.125. The standard InChI is InChI=1S/C33H40N2O7S2/c1-23(2)18-35(44(39,40)27-14-15-31-32(17-27)42-22-41-31)19-29(36)28(16-25-10-6-4-7-11-25)34-33(38)24(3)20-43-21-30(37)26-12-8-5-9-13-26/h4-15,17,23-24,28-29,36H,16,18-22H2,1-3H3,(H,34,38)/t24-,28?,29-/m1/s1. The second-order valence-corrected chi connectivity index (χ2v) is 14.3. The van der Waals surface area contributed by atoms with Gasteiger partial charge < -0.3 is 19.9 Å². The highest BCUT2D eigenvalue weighted by Crippen LogP contribution is 2.35. The third kappa shape index (κ3) is 9.07. The number of aliphatic hydroxyl groups excluding tert-OH is 1. The van der Waals surface area contributed by atoms with Gasteiger partial charge in [0.2, 0.25) is 22.7 Å². The summed E-state index contributed by atoms with van der Waals surface area (Å²) in [4.78, 5) is 25.8. The number of hydrogen-bond acceptors (Lipinski definition) is 8. The summed E-state index contributed by atoms with van der Waals surface area (Å²) in [6, 6.07) is 22.1. The van der Waals surface area contributed by atoms with Gasteiger partial charge in [0.1, 0.15) is 0 Å². The zero-order chi connectivity index (χ0) is 31.7. The number of thioether (sulfide) groups is 1. The average molecular weight is 641 g/mol. The number of ketones is 1. The van der Waals surface area contributed by atoms with Gasteiger partial charge in [0.15, 0.2) is 17.3 Å². The molecule has 2 N–H and O–H groups in total. The number of nitrogens with zero attached hydrogens (tertiary/aromatic N) is 1. The van der Waals surface area contributed by atoms with Crippen LogP contribution in [0.4, 0.5) is 0 Å². The van der Waals surface area contributed by atoms with Gasteiger partial charge >= 0.3 is 0 Å². The largest absolute Gasteiger partial charge is 0.454 e. The van der Waals surface area contributed by atoms with Crippen molar-refractivity contribution in [2.24, 2.45) is 11.8 Å². The molecule has 0 spiro atoms. The van der Waals surface area contributed by atoms with Crippen LogP contribution in [0.2, 0.25) is 0 Å². The van der Waals surface area contributed by atoms with Gasteiger partial charge in [-0.3, -0.25) is 9.59 Å². The van der Waals surface area contributed by atoms with E-state index in [9.17, 15) is 23.1 Å². The summed E-state index contributed by atoms with van der Waals surface area (Å²) in [6.45, 7) is 5.55. The molecule has 1 aliphatic heterocycles. The Morgan fingerprint density at radius 2 is 1.59 bits per heavy atom. The van der Waals surface area contributed by atoms with Gasteiger partial charge in [-0.2, -0.15) is 16.1 Å². The topological polar surface area (TPSA) is 122 Å². The van der Waals surface area contributed by atoms with E-state index in [0.717, 1.165) is 5.56 Å². The molecule has 0 aromatic heterocycles. The second-order valence-electron chi connectivity index (χ2n) is 11.3. The Balaban J connectivity index is 1.46. The summed E-state index contributed by atoms with van der Waals surface area (Å²) >= 11 is 1.38. The summed E-state index contributed by atoms with van der Waals surface area (Å²) < 4.78 is 39.6. The molecule has 0 saturated heterocycles. The number of ether oxygens (including phenoxy) is 2. The van der Waals surface area contributed by atoms with Crippen LogP contribution in [-0.2, 0) is 21.2 Å². The van der Waals surface area contributed by atoms with Crippen molar-refractivity contribution in [1.82, 2.24) is 9.62 Å². The van der Waals surface area contributed by atoms with Crippen molar-refractivity contribution in [3.8, 4) is 11.5 Å². The molecule has 0 saturated carbocycles. The zero-order valence-electron chi connectivity index (χ0n) is 25.2. The fraction of sp³-hybridized carbons (Fsp3) is 0.394. The molecule has 1 heterocycles. The highest BCUT2D eigenvalue weighted by atomic mass is 32.2. The Hall–Kier alpha value is -3.38. The molecule has 3 atom stereocenters. The first-order valence-corrected chi connectivity index (χ1v) is 17.2. The van der Waals surface area contributed by atoms with Crippen molar-refractivity contribution in [2.75, 3.05) is 31.4 Å². The van der Waals surface area contributed by atoms with Gasteiger partial charge in [-0.25, -0.2) is 8.42 Å². The maximum atomic E-state index is 13.8. The number of carbonyl (C=O) groups excluding carboxylic acids is 2. The van der Waals surface area contributed by atoms with Crippen molar-refractivity contribution in [2.45, 2.75) is 44.2 Å². The number of nitrogens with one attached hydrogen (secondary N) is 1. The monoisotopic (exact) mass is 640 g/mol. The van der Waals surface area contributed by atoms with Crippen molar-refractivity contribution >= 4 is 33.5 Å². The Kier molecular flexibility index (Phi) is 11.9. The first-order valence-electron chi connectivity index (χ1n) is 14.6. The molecule has 4 rings (SSSR count). The van der Waals surface area contributed by atoms with E-state index in [0.29, 0.717) is 29.2 Å². The Labute approximate surface area is 264 Å². The van der Waals surface area contributed by atoms with Gasteiger partial charge in [-0.05, 0) is 30.0 Å². The predicted molar refractivity (Wildman–Crippen MR) is 172 cm³/mol. The predicted octanol–water partition coefficient (Wildman–Crippen LogP) is 4.40. The van der Waals surface area contributed by atoms with Crippen molar-refractivity contribution in [3.05, 3.63) is 90.0 Å². The minimum absolute atomic E-state index is 0.00510.